The van der Waals surface area contributed by atoms with Gasteiger partial charge < -0.3 is 9.84 Å². The highest BCUT2D eigenvalue weighted by molar-refractivity contribution is 5.33. The van der Waals surface area contributed by atoms with Gasteiger partial charge in [-0.2, -0.15) is 0 Å². The van der Waals surface area contributed by atoms with Gasteiger partial charge in [0.05, 0.1) is 6.10 Å². The number of rotatable bonds is 4. The summed E-state index contributed by atoms with van der Waals surface area (Å²) < 4.78 is 5.68. The average Bonchev–Trinajstić information content (AvgIpc) is 2.14. The Kier molecular flexibility index (Phi) is 4.15. The first-order valence-corrected chi connectivity index (χ1v) is 5.46. The Bertz CT molecular complexity index is 300. The fourth-order valence-electron chi connectivity index (χ4n) is 1.63. The third-order valence-corrected chi connectivity index (χ3v) is 2.48. The first kappa shape index (κ1) is 12.1. The van der Waals surface area contributed by atoms with E-state index < -0.39 is 6.10 Å². The summed E-state index contributed by atoms with van der Waals surface area (Å²) in [6, 6.07) is 6.09. The number of aliphatic hydroxyl groups excluding tert-OH is 1. The molecule has 0 fully saturated rings. The third-order valence-electron chi connectivity index (χ3n) is 2.48. The van der Waals surface area contributed by atoms with Crippen molar-refractivity contribution in [2.24, 2.45) is 0 Å². The van der Waals surface area contributed by atoms with Crippen LogP contribution >= 0.6 is 0 Å². The summed E-state index contributed by atoms with van der Waals surface area (Å²) in [5.74, 6) is 0.840. The molecule has 1 rings (SSSR count). The Morgan fingerprint density at radius 1 is 1.20 bits per heavy atom. The van der Waals surface area contributed by atoms with E-state index >= 15 is 0 Å². The third kappa shape index (κ3) is 3.56. The number of aliphatic hydroxyl groups is 1. The Hall–Kier alpha value is -1.02. The highest BCUT2D eigenvalue weighted by atomic mass is 16.5. The van der Waals surface area contributed by atoms with Gasteiger partial charge in [-0.25, -0.2) is 0 Å². The first-order chi connectivity index (χ1) is 7.02. The number of benzene rings is 1. The van der Waals surface area contributed by atoms with Crippen LogP contribution in [0.25, 0.3) is 0 Å². The lowest BCUT2D eigenvalue weighted by Crippen LogP contribution is -2.27. The van der Waals surface area contributed by atoms with E-state index in [9.17, 15) is 5.11 Å². The minimum absolute atomic E-state index is 0.156. The lowest BCUT2D eigenvalue weighted by atomic mass is 10.1. The van der Waals surface area contributed by atoms with E-state index in [-0.39, 0.29) is 6.10 Å². The fraction of sp³-hybridized carbons (Fsp3) is 0.538. The molecule has 0 amide bonds. The zero-order chi connectivity index (χ0) is 11.4. The molecule has 0 saturated heterocycles. The quantitative estimate of drug-likeness (QED) is 0.824. The topological polar surface area (TPSA) is 29.5 Å². The molecule has 1 aromatic rings. The molecule has 2 unspecified atom stereocenters. The molecule has 0 aliphatic heterocycles. The molecule has 84 valence electrons. The molecule has 0 heterocycles. The summed E-state index contributed by atoms with van der Waals surface area (Å²) in [4.78, 5) is 0. The number of aryl methyl sites for hydroxylation is 2. The van der Waals surface area contributed by atoms with Crippen molar-refractivity contribution >= 4 is 0 Å². The largest absolute Gasteiger partial charge is 0.488 e. The van der Waals surface area contributed by atoms with Crippen molar-refractivity contribution in [2.45, 2.75) is 46.3 Å². The van der Waals surface area contributed by atoms with E-state index in [1.165, 1.54) is 11.1 Å². The minimum Gasteiger partial charge on any atom is -0.488 e. The summed E-state index contributed by atoms with van der Waals surface area (Å²) in [6.45, 7) is 7.93. The van der Waals surface area contributed by atoms with Gasteiger partial charge in [-0.1, -0.05) is 13.0 Å². The molecule has 1 aromatic carbocycles. The van der Waals surface area contributed by atoms with E-state index in [1.807, 2.05) is 39.8 Å². The second-order valence-corrected chi connectivity index (χ2v) is 4.12. The molecule has 0 aromatic heterocycles. The van der Waals surface area contributed by atoms with Crippen LogP contribution in [0.2, 0.25) is 0 Å². The van der Waals surface area contributed by atoms with E-state index in [1.54, 1.807) is 0 Å². The molecular weight excluding hydrogens is 188 g/mol. The second-order valence-electron chi connectivity index (χ2n) is 4.12. The van der Waals surface area contributed by atoms with E-state index in [4.69, 9.17) is 4.74 Å². The maximum Gasteiger partial charge on any atom is 0.122 e. The van der Waals surface area contributed by atoms with Crippen LogP contribution in [-0.2, 0) is 0 Å². The van der Waals surface area contributed by atoms with Crippen molar-refractivity contribution in [1.29, 1.82) is 0 Å². The Morgan fingerprint density at radius 3 is 2.20 bits per heavy atom. The molecule has 2 atom stereocenters. The number of hydrogen-bond donors (Lipinski definition) is 1. The van der Waals surface area contributed by atoms with Crippen molar-refractivity contribution in [3.8, 4) is 5.75 Å². The van der Waals surface area contributed by atoms with Crippen LogP contribution < -0.4 is 4.74 Å². The van der Waals surface area contributed by atoms with Gasteiger partial charge in [-0.05, 0) is 50.5 Å². The van der Waals surface area contributed by atoms with Crippen molar-refractivity contribution in [3.05, 3.63) is 29.3 Å². The molecule has 0 radical (unpaired) electrons. The van der Waals surface area contributed by atoms with Crippen LogP contribution in [0.4, 0.5) is 0 Å². The standard InChI is InChI=1S/C13H20O2/c1-5-13(14)11(4)15-12-7-9(2)6-10(3)8-12/h6-8,11,13-14H,5H2,1-4H3. The average molecular weight is 208 g/mol. The van der Waals surface area contributed by atoms with Gasteiger partial charge in [-0.3, -0.25) is 0 Å². The molecule has 0 aliphatic carbocycles. The molecule has 0 spiro atoms. The summed E-state index contributed by atoms with van der Waals surface area (Å²) >= 11 is 0. The second kappa shape index (κ2) is 5.17. The van der Waals surface area contributed by atoms with Gasteiger partial charge in [0.2, 0.25) is 0 Å². The summed E-state index contributed by atoms with van der Waals surface area (Å²) in [5.41, 5.74) is 2.37. The molecule has 1 N–H and O–H groups in total. The predicted molar refractivity (Wildman–Crippen MR) is 62.3 cm³/mol. The maximum atomic E-state index is 9.60. The number of hydrogen-bond acceptors (Lipinski definition) is 2. The van der Waals surface area contributed by atoms with Gasteiger partial charge in [0.25, 0.3) is 0 Å². The van der Waals surface area contributed by atoms with Gasteiger partial charge in [-0.15, -0.1) is 0 Å². The Labute approximate surface area is 91.9 Å². The molecule has 2 nitrogen and oxygen atoms in total. The molecule has 0 saturated carbocycles. The summed E-state index contributed by atoms with van der Waals surface area (Å²) in [7, 11) is 0. The highest BCUT2D eigenvalue weighted by Crippen LogP contribution is 2.18. The van der Waals surface area contributed by atoms with Gasteiger partial charge in [0, 0.05) is 0 Å². The monoisotopic (exact) mass is 208 g/mol. The SMILES string of the molecule is CCC(O)C(C)Oc1cc(C)cc(C)c1. The first-order valence-electron chi connectivity index (χ1n) is 5.46. The van der Waals surface area contributed by atoms with Crippen LogP contribution in [0.1, 0.15) is 31.4 Å². The predicted octanol–water partition coefficient (Wildman–Crippen LogP) is 2.84. The molecule has 15 heavy (non-hydrogen) atoms. The van der Waals surface area contributed by atoms with Crippen LogP contribution in [0.15, 0.2) is 18.2 Å². The zero-order valence-electron chi connectivity index (χ0n) is 9.95. The smallest absolute Gasteiger partial charge is 0.122 e. The van der Waals surface area contributed by atoms with Crippen molar-refractivity contribution < 1.29 is 9.84 Å². The Balaban J connectivity index is 2.72. The van der Waals surface area contributed by atoms with Crippen LogP contribution in [0.3, 0.4) is 0 Å². The lowest BCUT2D eigenvalue weighted by molar-refractivity contribution is 0.0451. The van der Waals surface area contributed by atoms with Gasteiger partial charge in [0.1, 0.15) is 11.9 Å². The van der Waals surface area contributed by atoms with Gasteiger partial charge >= 0.3 is 0 Å². The van der Waals surface area contributed by atoms with Crippen LogP contribution in [0, 0.1) is 13.8 Å². The van der Waals surface area contributed by atoms with Crippen molar-refractivity contribution in [1.82, 2.24) is 0 Å². The summed E-state index contributed by atoms with van der Waals surface area (Å²) in [5, 5.41) is 9.60. The van der Waals surface area contributed by atoms with Gasteiger partial charge in [0.15, 0.2) is 0 Å². The minimum atomic E-state index is -0.397. The Morgan fingerprint density at radius 2 is 1.73 bits per heavy atom. The zero-order valence-corrected chi connectivity index (χ0v) is 9.95. The molecule has 2 heteroatoms. The molecule has 0 bridgehead atoms. The lowest BCUT2D eigenvalue weighted by Gasteiger charge is -2.19. The van der Waals surface area contributed by atoms with Crippen molar-refractivity contribution in [3.63, 3.8) is 0 Å². The molecular formula is C13H20O2. The summed E-state index contributed by atoms with van der Waals surface area (Å²) in [6.07, 6.45) is 0.161. The van der Waals surface area contributed by atoms with E-state index in [2.05, 4.69) is 6.07 Å². The van der Waals surface area contributed by atoms with Crippen LogP contribution in [-0.4, -0.2) is 17.3 Å². The van der Waals surface area contributed by atoms with Crippen molar-refractivity contribution in [2.75, 3.05) is 0 Å². The maximum absolute atomic E-state index is 9.60. The van der Waals surface area contributed by atoms with E-state index in [0.29, 0.717) is 6.42 Å². The highest BCUT2D eigenvalue weighted by Gasteiger charge is 2.13. The normalized spacial score (nSPS) is 14.7. The number of ether oxygens (including phenoxy) is 1. The van der Waals surface area contributed by atoms with E-state index in [0.717, 1.165) is 5.75 Å². The molecule has 0 aliphatic rings. The van der Waals surface area contributed by atoms with Crippen LogP contribution in [0.5, 0.6) is 5.75 Å². The fourth-order valence-corrected chi connectivity index (χ4v) is 1.63.